The van der Waals surface area contributed by atoms with Gasteiger partial charge in [-0.05, 0) is 28.9 Å². The van der Waals surface area contributed by atoms with Crippen LogP contribution in [-0.4, -0.2) is 18.5 Å². The van der Waals surface area contributed by atoms with Crippen molar-refractivity contribution in [3.8, 4) is 0 Å². The third-order valence-electron chi connectivity index (χ3n) is 1.50. The lowest BCUT2D eigenvalue weighted by Crippen LogP contribution is -2.20. The van der Waals surface area contributed by atoms with Gasteiger partial charge in [-0.15, -0.1) is 0 Å². The fourth-order valence-corrected chi connectivity index (χ4v) is 1.27. The van der Waals surface area contributed by atoms with Gasteiger partial charge in [0.15, 0.2) is 5.94 Å². The number of hydrogen-bond acceptors (Lipinski definition) is 4. The Morgan fingerprint density at radius 3 is 3.00 bits per heavy atom. The number of hydrogen-bond donors (Lipinski definition) is 1. The van der Waals surface area contributed by atoms with Crippen LogP contribution in [-0.2, 0) is 14.3 Å². The molecular formula is C9H8BrNO3. The Morgan fingerprint density at radius 2 is 2.43 bits per heavy atom. The van der Waals surface area contributed by atoms with Crippen molar-refractivity contribution >= 4 is 27.8 Å². The lowest BCUT2D eigenvalue weighted by molar-refractivity contribution is -0.138. The van der Waals surface area contributed by atoms with Crippen LogP contribution in [0.1, 0.15) is 6.92 Å². The van der Waals surface area contributed by atoms with Gasteiger partial charge >= 0.3 is 5.97 Å². The number of dihydropyridines is 1. The minimum atomic E-state index is -0.539. The molecular weight excluding hydrogens is 250 g/mol. The van der Waals surface area contributed by atoms with E-state index in [1.807, 2.05) is 0 Å². The summed E-state index contributed by atoms with van der Waals surface area (Å²) in [5, 5.41) is 2.62. The van der Waals surface area contributed by atoms with Crippen molar-refractivity contribution in [1.82, 2.24) is 5.32 Å². The average Bonchev–Trinajstić information content (AvgIpc) is 2.18. The number of nitrogens with one attached hydrogen (secondary N) is 1. The maximum absolute atomic E-state index is 11.3. The van der Waals surface area contributed by atoms with Crippen LogP contribution in [0.3, 0.4) is 0 Å². The number of carbonyl (C=O) groups is 1. The van der Waals surface area contributed by atoms with E-state index >= 15 is 0 Å². The molecule has 0 fully saturated rings. The molecule has 14 heavy (non-hydrogen) atoms. The van der Waals surface area contributed by atoms with E-state index in [-0.39, 0.29) is 17.9 Å². The second-order valence-electron chi connectivity index (χ2n) is 2.43. The van der Waals surface area contributed by atoms with E-state index in [0.29, 0.717) is 4.48 Å². The van der Waals surface area contributed by atoms with Gasteiger partial charge in [0.2, 0.25) is 0 Å². The van der Waals surface area contributed by atoms with Crippen LogP contribution in [0.15, 0.2) is 28.0 Å². The summed E-state index contributed by atoms with van der Waals surface area (Å²) in [6, 6.07) is 0. The highest BCUT2D eigenvalue weighted by atomic mass is 79.9. The highest BCUT2D eigenvalue weighted by Gasteiger charge is 2.19. The second-order valence-corrected chi connectivity index (χ2v) is 3.34. The Hall–Kier alpha value is -1.32. The minimum absolute atomic E-state index is 0.0895. The van der Waals surface area contributed by atoms with Gasteiger partial charge in [-0.25, -0.2) is 9.59 Å². The van der Waals surface area contributed by atoms with E-state index in [4.69, 9.17) is 4.74 Å². The monoisotopic (exact) mass is 257 g/mol. The zero-order chi connectivity index (χ0) is 10.6. The summed E-state index contributed by atoms with van der Waals surface area (Å²) in [4.78, 5) is 21.8. The predicted molar refractivity (Wildman–Crippen MR) is 54.1 cm³/mol. The summed E-state index contributed by atoms with van der Waals surface area (Å²) in [5.41, 5.74) is 0.267. The molecule has 0 saturated carbocycles. The number of esters is 1. The van der Waals surface area contributed by atoms with E-state index < -0.39 is 5.97 Å². The molecule has 1 aliphatic rings. The maximum atomic E-state index is 11.3. The largest absolute Gasteiger partial charge is 0.462 e. The van der Waals surface area contributed by atoms with Gasteiger partial charge < -0.3 is 10.1 Å². The topological polar surface area (TPSA) is 55.4 Å². The molecule has 0 saturated heterocycles. The van der Waals surface area contributed by atoms with Gasteiger partial charge in [0.1, 0.15) is 5.70 Å². The molecule has 0 atom stereocenters. The van der Waals surface area contributed by atoms with Gasteiger partial charge in [0, 0.05) is 10.7 Å². The van der Waals surface area contributed by atoms with E-state index in [1.165, 1.54) is 6.08 Å². The first-order valence-corrected chi connectivity index (χ1v) is 4.74. The predicted octanol–water partition coefficient (Wildman–Crippen LogP) is 1.03. The summed E-state index contributed by atoms with van der Waals surface area (Å²) in [7, 11) is 0. The standard InChI is InChI=1S/C9H8BrNO3/c1-2-14-9(13)7-3-6(10)4-11-8(7)5-12/h3-4,11H,2H2,1H3. The molecule has 1 aliphatic heterocycles. The number of allylic oxidation sites excluding steroid dienone is 2. The van der Waals surface area contributed by atoms with Gasteiger partial charge in [-0.1, -0.05) is 0 Å². The Labute approximate surface area is 89.4 Å². The van der Waals surface area contributed by atoms with Crippen molar-refractivity contribution in [2.75, 3.05) is 6.61 Å². The van der Waals surface area contributed by atoms with Gasteiger partial charge in [0.05, 0.1) is 12.2 Å². The quantitative estimate of drug-likeness (QED) is 0.593. The SMILES string of the molecule is CCOC(=O)C1=CC(Br)=CNC1=C=O. The van der Waals surface area contributed by atoms with Crippen molar-refractivity contribution in [3.05, 3.63) is 28.0 Å². The molecule has 5 heteroatoms. The summed E-state index contributed by atoms with van der Waals surface area (Å²) >= 11 is 3.18. The first-order chi connectivity index (χ1) is 6.69. The molecule has 0 spiro atoms. The van der Waals surface area contributed by atoms with Crippen LogP contribution in [0.2, 0.25) is 0 Å². The second kappa shape index (κ2) is 4.79. The summed E-state index contributed by atoms with van der Waals surface area (Å²) < 4.78 is 5.43. The van der Waals surface area contributed by atoms with Crippen LogP contribution in [0, 0.1) is 0 Å². The third-order valence-corrected chi connectivity index (χ3v) is 1.96. The zero-order valence-corrected chi connectivity index (χ0v) is 9.05. The molecule has 0 aromatic carbocycles. The number of carbonyl (C=O) groups excluding carboxylic acids is 2. The number of rotatable bonds is 2. The molecule has 1 rings (SSSR count). The van der Waals surface area contributed by atoms with Crippen molar-refractivity contribution in [3.63, 3.8) is 0 Å². The molecule has 4 nitrogen and oxygen atoms in total. The molecule has 74 valence electrons. The van der Waals surface area contributed by atoms with E-state index in [0.717, 1.165) is 0 Å². The van der Waals surface area contributed by atoms with E-state index in [1.54, 1.807) is 19.1 Å². The van der Waals surface area contributed by atoms with Crippen LogP contribution in [0.25, 0.3) is 0 Å². The Kier molecular flexibility index (Phi) is 3.68. The molecule has 0 unspecified atom stereocenters. The fraction of sp³-hybridized carbons (Fsp3) is 0.222. The lowest BCUT2D eigenvalue weighted by Gasteiger charge is -2.11. The average molecular weight is 258 g/mol. The molecule has 1 heterocycles. The highest BCUT2D eigenvalue weighted by molar-refractivity contribution is 9.11. The molecule has 0 aromatic heterocycles. The maximum Gasteiger partial charge on any atom is 0.341 e. The summed E-state index contributed by atoms with van der Waals surface area (Å²) in [5.74, 6) is 1.10. The number of halogens is 1. The normalized spacial score (nSPS) is 14.9. The highest BCUT2D eigenvalue weighted by Crippen LogP contribution is 2.18. The van der Waals surface area contributed by atoms with Crippen molar-refractivity contribution in [2.24, 2.45) is 0 Å². The molecule has 0 bridgehead atoms. The lowest BCUT2D eigenvalue weighted by atomic mass is 10.1. The fourth-order valence-electron chi connectivity index (χ4n) is 0.925. The van der Waals surface area contributed by atoms with Crippen molar-refractivity contribution < 1.29 is 14.3 Å². The summed E-state index contributed by atoms with van der Waals surface area (Å²) in [6.07, 6.45) is 3.05. The van der Waals surface area contributed by atoms with Gasteiger partial charge in [-0.2, -0.15) is 0 Å². The Balaban J connectivity index is 2.97. The first-order valence-electron chi connectivity index (χ1n) is 3.95. The minimum Gasteiger partial charge on any atom is -0.462 e. The van der Waals surface area contributed by atoms with E-state index in [9.17, 15) is 9.59 Å². The van der Waals surface area contributed by atoms with Crippen LogP contribution in [0.5, 0.6) is 0 Å². The van der Waals surface area contributed by atoms with Gasteiger partial charge in [0.25, 0.3) is 0 Å². The molecule has 1 N–H and O–H groups in total. The molecule has 0 aromatic rings. The number of ether oxygens (including phenoxy) is 1. The van der Waals surface area contributed by atoms with Crippen LogP contribution >= 0.6 is 15.9 Å². The summed E-state index contributed by atoms with van der Waals surface area (Å²) in [6.45, 7) is 1.97. The third kappa shape index (κ3) is 2.34. The molecule has 0 aliphatic carbocycles. The first kappa shape index (κ1) is 10.8. The van der Waals surface area contributed by atoms with Crippen molar-refractivity contribution in [1.29, 1.82) is 0 Å². The van der Waals surface area contributed by atoms with Crippen molar-refractivity contribution in [2.45, 2.75) is 6.92 Å². The Bertz CT molecular complexity index is 364. The van der Waals surface area contributed by atoms with Gasteiger partial charge in [-0.3, -0.25) is 0 Å². The Morgan fingerprint density at radius 1 is 1.71 bits per heavy atom. The van der Waals surface area contributed by atoms with Crippen LogP contribution < -0.4 is 5.32 Å². The molecule has 0 amide bonds. The van der Waals surface area contributed by atoms with E-state index in [2.05, 4.69) is 21.2 Å². The molecule has 0 radical (unpaired) electrons. The van der Waals surface area contributed by atoms with Crippen LogP contribution in [0.4, 0.5) is 0 Å². The smallest absolute Gasteiger partial charge is 0.341 e. The zero-order valence-electron chi connectivity index (χ0n) is 7.46.